The summed E-state index contributed by atoms with van der Waals surface area (Å²) < 4.78 is 12.6. The Morgan fingerprint density at radius 2 is 1.83 bits per heavy atom. The van der Waals surface area contributed by atoms with Gasteiger partial charge in [-0.3, -0.25) is 4.99 Å². The zero-order valence-electron chi connectivity index (χ0n) is 17.6. The molecule has 1 aromatic heterocycles. The maximum absolute atomic E-state index is 10.2. The third-order valence-electron chi connectivity index (χ3n) is 4.36. The molecule has 1 heterocycles. The summed E-state index contributed by atoms with van der Waals surface area (Å²) in [4.78, 5) is 5.40. The van der Waals surface area contributed by atoms with Crippen LogP contribution in [0.15, 0.2) is 51.9 Å². The van der Waals surface area contributed by atoms with E-state index in [9.17, 15) is 10.2 Å². The Bertz CT molecular complexity index is 1150. The van der Waals surface area contributed by atoms with Crippen molar-refractivity contribution < 1.29 is 19.7 Å². The van der Waals surface area contributed by atoms with Crippen LogP contribution in [0.2, 0.25) is 0 Å². The zero-order valence-corrected chi connectivity index (χ0v) is 18.4. The van der Waals surface area contributed by atoms with Gasteiger partial charge >= 0.3 is 0 Å². The molecule has 7 nitrogen and oxygen atoms in total. The molecule has 158 valence electrons. The normalized spacial score (nSPS) is 12.5. The number of nitrogens with zero attached hydrogens (tertiary/aromatic N) is 3. The SMILES string of the molecule is COc1ccc(-c2csc(=NC(C)C)n2N=C(C)c2ccc(O)cc2O)c(OC)c1. The highest BCUT2D eigenvalue weighted by atomic mass is 32.1. The van der Waals surface area contributed by atoms with E-state index in [4.69, 9.17) is 14.6 Å². The molecule has 0 unspecified atom stereocenters. The average Bonchev–Trinajstić information content (AvgIpc) is 3.08. The van der Waals surface area contributed by atoms with E-state index in [2.05, 4.69) is 4.99 Å². The summed E-state index contributed by atoms with van der Waals surface area (Å²) in [5, 5.41) is 26.5. The van der Waals surface area contributed by atoms with Crippen LogP contribution in [-0.4, -0.2) is 40.9 Å². The van der Waals surface area contributed by atoms with Gasteiger partial charge in [0.2, 0.25) is 4.80 Å². The van der Waals surface area contributed by atoms with Gasteiger partial charge in [0.1, 0.15) is 23.0 Å². The van der Waals surface area contributed by atoms with Gasteiger partial charge in [0.25, 0.3) is 0 Å². The van der Waals surface area contributed by atoms with Crippen LogP contribution in [0.1, 0.15) is 26.3 Å². The summed E-state index contributed by atoms with van der Waals surface area (Å²) in [6.07, 6.45) is 0. The molecule has 0 spiro atoms. The predicted molar refractivity (Wildman–Crippen MR) is 119 cm³/mol. The van der Waals surface area contributed by atoms with Gasteiger partial charge in [-0.1, -0.05) is 0 Å². The number of hydrogen-bond donors (Lipinski definition) is 2. The fraction of sp³-hybridized carbons (Fsp3) is 0.273. The fourth-order valence-corrected chi connectivity index (χ4v) is 3.89. The van der Waals surface area contributed by atoms with Crippen LogP contribution in [0.4, 0.5) is 0 Å². The molecule has 3 rings (SSSR count). The van der Waals surface area contributed by atoms with Crippen LogP contribution in [0.3, 0.4) is 0 Å². The van der Waals surface area contributed by atoms with E-state index in [1.54, 1.807) is 31.9 Å². The number of hydrogen-bond acceptors (Lipinski definition) is 7. The number of methoxy groups -OCH3 is 2. The van der Waals surface area contributed by atoms with E-state index in [1.165, 1.54) is 23.5 Å². The highest BCUT2D eigenvalue weighted by Crippen LogP contribution is 2.34. The van der Waals surface area contributed by atoms with Crippen LogP contribution in [0.25, 0.3) is 11.3 Å². The minimum atomic E-state index is -0.0435. The van der Waals surface area contributed by atoms with Crippen molar-refractivity contribution in [2.75, 3.05) is 14.2 Å². The molecule has 8 heteroatoms. The third-order valence-corrected chi connectivity index (χ3v) is 5.19. The molecule has 0 saturated carbocycles. The highest BCUT2D eigenvalue weighted by molar-refractivity contribution is 7.07. The molecule has 2 aromatic carbocycles. The van der Waals surface area contributed by atoms with Gasteiger partial charge in [0.15, 0.2) is 0 Å². The minimum Gasteiger partial charge on any atom is -0.508 e. The molecule has 0 atom stereocenters. The van der Waals surface area contributed by atoms with Gasteiger partial charge in [-0.25, -0.2) is 4.68 Å². The van der Waals surface area contributed by atoms with E-state index >= 15 is 0 Å². The number of rotatable bonds is 6. The summed E-state index contributed by atoms with van der Waals surface area (Å²) >= 11 is 1.47. The number of phenolic OH excluding ortho intramolecular Hbond substituents is 2. The summed E-state index contributed by atoms with van der Waals surface area (Å²) in [5.41, 5.74) is 2.74. The lowest BCUT2D eigenvalue weighted by Crippen LogP contribution is -2.16. The van der Waals surface area contributed by atoms with Crippen molar-refractivity contribution in [1.29, 1.82) is 0 Å². The van der Waals surface area contributed by atoms with E-state index in [1.807, 2.05) is 37.4 Å². The lowest BCUT2D eigenvalue weighted by Gasteiger charge is -2.12. The topological polar surface area (TPSA) is 88.6 Å². The Morgan fingerprint density at radius 1 is 1.07 bits per heavy atom. The molecular weight excluding hydrogens is 402 g/mol. The van der Waals surface area contributed by atoms with Gasteiger partial charge in [-0.05, 0) is 45.0 Å². The van der Waals surface area contributed by atoms with Crippen molar-refractivity contribution in [3.8, 4) is 34.3 Å². The second-order valence-electron chi connectivity index (χ2n) is 6.89. The Labute approximate surface area is 179 Å². The quantitative estimate of drug-likeness (QED) is 0.576. The largest absolute Gasteiger partial charge is 0.508 e. The van der Waals surface area contributed by atoms with Gasteiger partial charge in [-0.15, -0.1) is 11.3 Å². The summed E-state index contributed by atoms with van der Waals surface area (Å²) in [6, 6.07) is 10.1. The first-order valence-corrected chi connectivity index (χ1v) is 10.3. The number of benzene rings is 2. The second-order valence-corrected chi connectivity index (χ2v) is 7.73. The average molecular weight is 428 g/mol. The molecule has 0 amide bonds. The molecule has 0 fully saturated rings. The first-order valence-electron chi connectivity index (χ1n) is 9.38. The highest BCUT2D eigenvalue weighted by Gasteiger charge is 2.15. The number of ether oxygens (including phenoxy) is 2. The minimum absolute atomic E-state index is 0.00797. The standard InChI is InChI=1S/C22H25N3O4S/c1-13(2)23-22-25(24-14(3)17-8-6-15(26)10-20(17)27)19(12-30-22)18-9-7-16(28-4)11-21(18)29-5/h6-13,26-27H,1-5H3. The monoisotopic (exact) mass is 427 g/mol. The maximum Gasteiger partial charge on any atom is 0.206 e. The predicted octanol–water partition coefficient (Wildman–Crippen LogP) is 4.23. The molecule has 30 heavy (non-hydrogen) atoms. The molecule has 0 aliphatic heterocycles. The van der Waals surface area contributed by atoms with Crippen molar-refractivity contribution >= 4 is 17.0 Å². The van der Waals surface area contributed by atoms with Crippen LogP contribution in [0.5, 0.6) is 23.0 Å². The third kappa shape index (κ3) is 4.49. The molecule has 0 aliphatic carbocycles. The van der Waals surface area contributed by atoms with Gasteiger partial charge in [0.05, 0.1) is 25.6 Å². The Morgan fingerprint density at radius 3 is 2.47 bits per heavy atom. The van der Waals surface area contributed by atoms with Crippen molar-refractivity contribution in [3.63, 3.8) is 0 Å². The van der Waals surface area contributed by atoms with Gasteiger partial charge < -0.3 is 19.7 Å². The molecule has 2 N–H and O–H groups in total. The van der Waals surface area contributed by atoms with Gasteiger partial charge in [0, 0.05) is 34.7 Å². The van der Waals surface area contributed by atoms with Crippen LogP contribution < -0.4 is 14.3 Å². The Hall–Kier alpha value is -3.26. The van der Waals surface area contributed by atoms with Crippen LogP contribution in [0, 0.1) is 0 Å². The first-order chi connectivity index (χ1) is 14.3. The molecule has 0 aliphatic rings. The van der Waals surface area contributed by atoms with Crippen molar-refractivity contribution in [1.82, 2.24) is 4.68 Å². The molecule has 0 radical (unpaired) electrons. The van der Waals surface area contributed by atoms with E-state index in [0.717, 1.165) is 16.1 Å². The maximum atomic E-state index is 10.2. The molecular formula is C22H25N3O4S. The number of aromatic nitrogens is 1. The van der Waals surface area contributed by atoms with Crippen LogP contribution >= 0.6 is 11.3 Å². The molecule has 0 bridgehead atoms. The van der Waals surface area contributed by atoms with E-state index in [-0.39, 0.29) is 17.5 Å². The fourth-order valence-electron chi connectivity index (χ4n) is 2.93. The van der Waals surface area contributed by atoms with Crippen molar-refractivity contribution in [3.05, 3.63) is 52.1 Å². The van der Waals surface area contributed by atoms with E-state index < -0.39 is 0 Å². The van der Waals surface area contributed by atoms with E-state index in [0.29, 0.717) is 22.8 Å². The summed E-state index contributed by atoms with van der Waals surface area (Å²) in [5.74, 6) is 1.29. The Kier molecular flexibility index (Phi) is 6.47. The lowest BCUT2D eigenvalue weighted by molar-refractivity contribution is 0.395. The number of aromatic hydroxyl groups is 2. The van der Waals surface area contributed by atoms with Crippen LogP contribution in [-0.2, 0) is 0 Å². The lowest BCUT2D eigenvalue weighted by atomic mass is 10.1. The molecule has 0 saturated heterocycles. The van der Waals surface area contributed by atoms with Crippen molar-refractivity contribution in [2.45, 2.75) is 26.8 Å². The summed E-state index contributed by atoms with van der Waals surface area (Å²) in [7, 11) is 3.22. The van der Waals surface area contributed by atoms with Crippen molar-refractivity contribution in [2.24, 2.45) is 10.1 Å². The van der Waals surface area contributed by atoms with Gasteiger partial charge in [-0.2, -0.15) is 5.10 Å². The number of phenols is 2. The number of thiazole rings is 1. The second kappa shape index (κ2) is 9.04. The Balaban J connectivity index is 2.22. The smallest absolute Gasteiger partial charge is 0.206 e. The first kappa shape index (κ1) is 21.4. The molecule has 3 aromatic rings. The summed E-state index contributed by atoms with van der Waals surface area (Å²) in [6.45, 7) is 5.80. The zero-order chi connectivity index (χ0) is 21.8.